The summed E-state index contributed by atoms with van der Waals surface area (Å²) in [5, 5.41) is 8.09. The van der Waals surface area contributed by atoms with Gasteiger partial charge in [-0.1, -0.05) is 6.08 Å². The van der Waals surface area contributed by atoms with Gasteiger partial charge in [-0.3, -0.25) is 0 Å². The van der Waals surface area contributed by atoms with Gasteiger partial charge in [-0.2, -0.15) is 0 Å². The van der Waals surface area contributed by atoms with Gasteiger partial charge in [-0.25, -0.2) is 13.6 Å². The lowest BCUT2D eigenvalue weighted by molar-refractivity contribution is 0.598. The first-order valence-corrected chi connectivity index (χ1v) is 6.00. The molecule has 0 aliphatic rings. The summed E-state index contributed by atoms with van der Waals surface area (Å²) in [7, 11) is -3.60. The molecule has 0 aliphatic heterocycles. The lowest BCUT2D eigenvalue weighted by Gasteiger charge is -2.10. The molecule has 1 atom stereocenters. The Hall–Kier alpha value is -1.33. The Labute approximate surface area is 89.9 Å². The molecule has 1 rings (SSSR count). The van der Waals surface area contributed by atoms with Crippen LogP contribution in [-0.2, 0) is 10.0 Å². The number of hydrogen-bond donors (Lipinski definition) is 2. The predicted octanol–water partition coefficient (Wildman–Crippen LogP) is 1.32. The van der Waals surface area contributed by atoms with E-state index in [2.05, 4.69) is 11.9 Å². The van der Waals surface area contributed by atoms with Gasteiger partial charge in [0.2, 0.25) is 10.0 Å². The van der Waals surface area contributed by atoms with Crippen molar-refractivity contribution in [2.24, 2.45) is 5.14 Å². The highest BCUT2D eigenvalue weighted by atomic mass is 32.2. The number of anilines is 1. The minimum Gasteiger partial charge on any atom is -0.379 e. The molecule has 0 spiro atoms. The van der Waals surface area contributed by atoms with Gasteiger partial charge in [0.15, 0.2) is 0 Å². The molecule has 1 aromatic rings. The predicted molar refractivity (Wildman–Crippen MR) is 61.1 cm³/mol. The van der Waals surface area contributed by atoms with E-state index in [1.54, 1.807) is 18.2 Å². The van der Waals surface area contributed by atoms with Gasteiger partial charge in [-0.05, 0) is 31.2 Å². The van der Waals surface area contributed by atoms with Crippen molar-refractivity contribution in [3.63, 3.8) is 0 Å². The minimum absolute atomic E-state index is 0.110. The molecule has 15 heavy (non-hydrogen) atoms. The van der Waals surface area contributed by atoms with Crippen LogP contribution in [0, 0.1) is 0 Å². The molecule has 3 N–H and O–H groups in total. The molecule has 0 aromatic heterocycles. The second-order valence-electron chi connectivity index (χ2n) is 3.24. The topological polar surface area (TPSA) is 72.2 Å². The zero-order chi connectivity index (χ0) is 11.5. The van der Waals surface area contributed by atoms with Crippen molar-refractivity contribution in [3.8, 4) is 0 Å². The van der Waals surface area contributed by atoms with Gasteiger partial charge in [0.05, 0.1) is 4.90 Å². The molecule has 0 radical (unpaired) electrons. The number of benzene rings is 1. The van der Waals surface area contributed by atoms with Crippen molar-refractivity contribution in [2.45, 2.75) is 17.9 Å². The molecule has 4 nitrogen and oxygen atoms in total. The standard InChI is InChI=1S/C10H14N2O2S/c1-3-8(2)12-9-4-6-10(7-5-9)15(11,13)14/h3-8,12H,1H2,2H3,(H2,11,13,14). The molecule has 82 valence electrons. The van der Waals surface area contributed by atoms with Crippen LogP contribution in [0.5, 0.6) is 0 Å². The maximum Gasteiger partial charge on any atom is 0.238 e. The summed E-state index contributed by atoms with van der Waals surface area (Å²) in [5.74, 6) is 0. The van der Waals surface area contributed by atoms with E-state index in [0.29, 0.717) is 0 Å². The van der Waals surface area contributed by atoms with Gasteiger partial charge in [0.1, 0.15) is 0 Å². The van der Waals surface area contributed by atoms with E-state index in [1.807, 2.05) is 6.92 Å². The Bertz CT molecular complexity index is 437. The van der Waals surface area contributed by atoms with Crippen molar-refractivity contribution in [1.29, 1.82) is 0 Å². The summed E-state index contributed by atoms with van der Waals surface area (Å²) in [5.41, 5.74) is 0.829. The van der Waals surface area contributed by atoms with Crippen molar-refractivity contribution < 1.29 is 8.42 Å². The summed E-state index contributed by atoms with van der Waals surface area (Å²) in [6.45, 7) is 5.58. The molecular formula is C10H14N2O2S. The van der Waals surface area contributed by atoms with Crippen LogP contribution in [0.1, 0.15) is 6.92 Å². The molecule has 5 heteroatoms. The van der Waals surface area contributed by atoms with Crippen LogP contribution in [0.15, 0.2) is 41.8 Å². The van der Waals surface area contributed by atoms with E-state index in [-0.39, 0.29) is 10.9 Å². The fraction of sp³-hybridized carbons (Fsp3) is 0.200. The van der Waals surface area contributed by atoms with Crippen LogP contribution in [0.3, 0.4) is 0 Å². The molecule has 0 heterocycles. The summed E-state index contributed by atoms with van der Waals surface area (Å²) < 4.78 is 21.9. The van der Waals surface area contributed by atoms with E-state index in [0.717, 1.165) is 5.69 Å². The van der Waals surface area contributed by atoms with Gasteiger partial charge in [0.25, 0.3) is 0 Å². The Balaban J connectivity index is 2.86. The largest absolute Gasteiger partial charge is 0.379 e. The highest BCUT2D eigenvalue weighted by molar-refractivity contribution is 7.89. The number of primary sulfonamides is 1. The van der Waals surface area contributed by atoms with Gasteiger partial charge in [0, 0.05) is 11.7 Å². The average molecular weight is 226 g/mol. The van der Waals surface area contributed by atoms with Crippen LogP contribution >= 0.6 is 0 Å². The second kappa shape index (κ2) is 4.46. The lowest BCUT2D eigenvalue weighted by Crippen LogP contribution is -2.13. The summed E-state index contributed by atoms with van der Waals surface area (Å²) in [4.78, 5) is 0.110. The van der Waals surface area contributed by atoms with Crippen molar-refractivity contribution in [2.75, 3.05) is 5.32 Å². The molecule has 1 aromatic carbocycles. The maximum absolute atomic E-state index is 11.0. The number of nitrogens with one attached hydrogen (secondary N) is 1. The molecule has 0 bridgehead atoms. The Morgan fingerprint density at radius 2 is 1.93 bits per heavy atom. The summed E-state index contributed by atoms with van der Waals surface area (Å²) >= 11 is 0. The lowest BCUT2D eigenvalue weighted by atomic mass is 10.2. The van der Waals surface area contributed by atoms with Gasteiger partial charge >= 0.3 is 0 Å². The molecule has 0 saturated carbocycles. The summed E-state index contributed by atoms with van der Waals surface area (Å²) in [6.07, 6.45) is 1.76. The molecule has 0 saturated heterocycles. The number of rotatable bonds is 4. The van der Waals surface area contributed by atoms with Crippen molar-refractivity contribution >= 4 is 15.7 Å². The first-order chi connectivity index (χ1) is 6.93. The quantitative estimate of drug-likeness (QED) is 0.760. The minimum atomic E-state index is -3.60. The number of hydrogen-bond acceptors (Lipinski definition) is 3. The van der Waals surface area contributed by atoms with Crippen molar-refractivity contribution in [1.82, 2.24) is 0 Å². The highest BCUT2D eigenvalue weighted by Crippen LogP contribution is 2.13. The van der Waals surface area contributed by atoms with Crippen LogP contribution < -0.4 is 10.5 Å². The van der Waals surface area contributed by atoms with Crippen LogP contribution in [0.4, 0.5) is 5.69 Å². The smallest absolute Gasteiger partial charge is 0.238 e. The third-order valence-electron chi connectivity index (χ3n) is 1.93. The Kier molecular flexibility index (Phi) is 3.49. The average Bonchev–Trinajstić information content (AvgIpc) is 2.17. The van der Waals surface area contributed by atoms with Gasteiger partial charge < -0.3 is 5.32 Å². The second-order valence-corrected chi connectivity index (χ2v) is 4.80. The number of sulfonamides is 1. The zero-order valence-electron chi connectivity index (χ0n) is 8.47. The molecular weight excluding hydrogens is 212 g/mol. The van der Waals surface area contributed by atoms with Crippen LogP contribution in [0.25, 0.3) is 0 Å². The normalized spacial score (nSPS) is 13.2. The third kappa shape index (κ3) is 3.38. The van der Waals surface area contributed by atoms with E-state index in [4.69, 9.17) is 5.14 Å². The SMILES string of the molecule is C=CC(C)Nc1ccc(S(N)(=O)=O)cc1. The molecule has 0 fully saturated rings. The van der Waals surface area contributed by atoms with E-state index in [1.165, 1.54) is 12.1 Å². The fourth-order valence-corrected chi connectivity index (χ4v) is 1.58. The maximum atomic E-state index is 11.0. The fourth-order valence-electron chi connectivity index (χ4n) is 1.06. The molecule has 1 unspecified atom stereocenters. The molecule has 0 aliphatic carbocycles. The first-order valence-electron chi connectivity index (χ1n) is 4.45. The molecule has 0 amide bonds. The van der Waals surface area contributed by atoms with Crippen LogP contribution in [0.2, 0.25) is 0 Å². The van der Waals surface area contributed by atoms with Gasteiger partial charge in [-0.15, -0.1) is 6.58 Å². The van der Waals surface area contributed by atoms with E-state index < -0.39 is 10.0 Å². The van der Waals surface area contributed by atoms with E-state index in [9.17, 15) is 8.42 Å². The summed E-state index contributed by atoms with van der Waals surface area (Å²) in [6, 6.07) is 6.39. The monoisotopic (exact) mass is 226 g/mol. The van der Waals surface area contributed by atoms with E-state index >= 15 is 0 Å². The van der Waals surface area contributed by atoms with Crippen molar-refractivity contribution in [3.05, 3.63) is 36.9 Å². The highest BCUT2D eigenvalue weighted by Gasteiger charge is 2.06. The first kappa shape index (κ1) is 11.7. The Morgan fingerprint density at radius 3 is 2.33 bits per heavy atom. The Morgan fingerprint density at radius 1 is 1.40 bits per heavy atom. The van der Waals surface area contributed by atoms with Crippen LogP contribution in [-0.4, -0.2) is 14.5 Å². The zero-order valence-corrected chi connectivity index (χ0v) is 9.29. The third-order valence-corrected chi connectivity index (χ3v) is 2.86. The number of nitrogens with two attached hydrogens (primary N) is 1.